The third kappa shape index (κ3) is 4.61. The van der Waals surface area contributed by atoms with Crippen LogP contribution in [0.5, 0.6) is 11.5 Å². The van der Waals surface area contributed by atoms with Crippen LogP contribution in [0.15, 0.2) is 34.3 Å². The predicted octanol–water partition coefficient (Wildman–Crippen LogP) is 4.70. The lowest BCUT2D eigenvalue weighted by Gasteiger charge is -2.37. The molecule has 0 saturated carbocycles. The Hall–Kier alpha value is -3.63. The van der Waals surface area contributed by atoms with Crippen LogP contribution in [-0.2, 0) is 22.3 Å². The van der Waals surface area contributed by atoms with Crippen LogP contribution in [0, 0.1) is 6.92 Å². The van der Waals surface area contributed by atoms with E-state index in [9.17, 15) is 22.8 Å². The summed E-state index contributed by atoms with van der Waals surface area (Å²) in [5.41, 5.74) is 1.68. The molecule has 1 saturated heterocycles. The molecule has 11 heteroatoms. The molecule has 1 aromatic heterocycles. The number of amides is 2. The van der Waals surface area contributed by atoms with E-state index >= 15 is 0 Å². The summed E-state index contributed by atoms with van der Waals surface area (Å²) in [5.74, 6) is -0.565. The highest BCUT2D eigenvalue weighted by Gasteiger charge is 2.47. The average molecular weight is 508 g/mol. The van der Waals surface area contributed by atoms with Gasteiger partial charge in [-0.05, 0) is 55.5 Å². The molecule has 2 aliphatic rings. The summed E-state index contributed by atoms with van der Waals surface area (Å²) in [7, 11) is 4.31. The topological polar surface area (TPSA) is 90.2 Å². The van der Waals surface area contributed by atoms with Crippen molar-refractivity contribution in [3.8, 4) is 11.5 Å². The van der Waals surface area contributed by atoms with E-state index < -0.39 is 30.0 Å². The molecule has 2 aliphatic heterocycles. The van der Waals surface area contributed by atoms with Gasteiger partial charge in [0.2, 0.25) is 5.76 Å². The van der Waals surface area contributed by atoms with Crippen molar-refractivity contribution in [2.45, 2.75) is 51.0 Å². The molecule has 1 aromatic carbocycles. The van der Waals surface area contributed by atoms with Gasteiger partial charge in [0, 0.05) is 18.2 Å². The Morgan fingerprint density at radius 1 is 1.11 bits per heavy atom. The standard InChI is InChI=1S/C25H27F3N2O6/c1-13-9-15(22(36-13)25(26,27)28)12-29-24(32)30-16-6-7-18(30)21(23(31)35-4)17(11-16)14-5-8-19(33-2)20(10-14)34-3/h5,8-10,16,18H,6-7,11-12H2,1-4H3,(H,29,32). The molecule has 1 N–H and O–H groups in total. The van der Waals surface area contributed by atoms with Crippen LogP contribution in [0.1, 0.15) is 41.9 Å². The number of benzene rings is 1. The van der Waals surface area contributed by atoms with Gasteiger partial charge in [0.15, 0.2) is 11.5 Å². The number of halogens is 3. The van der Waals surface area contributed by atoms with Gasteiger partial charge in [-0.15, -0.1) is 0 Å². The number of carbonyl (C=O) groups excluding carboxylic acids is 2. The zero-order chi connectivity index (χ0) is 26.2. The minimum Gasteiger partial charge on any atom is -0.493 e. The first-order chi connectivity index (χ1) is 17.1. The van der Waals surface area contributed by atoms with Crippen LogP contribution in [0.25, 0.3) is 5.57 Å². The van der Waals surface area contributed by atoms with Gasteiger partial charge in [0.25, 0.3) is 0 Å². The first-order valence-corrected chi connectivity index (χ1v) is 11.4. The van der Waals surface area contributed by atoms with Crippen LogP contribution >= 0.6 is 0 Å². The summed E-state index contributed by atoms with van der Waals surface area (Å²) < 4.78 is 60.4. The van der Waals surface area contributed by atoms with Crippen LogP contribution in [0.2, 0.25) is 0 Å². The van der Waals surface area contributed by atoms with Crippen molar-refractivity contribution >= 4 is 17.6 Å². The van der Waals surface area contributed by atoms with Gasteiger partial charge in [-0.1, -0.05) is 6.07 Å². The second kappa shape index (κ2) is 9.79. The van der Waals surface area contributed by atoms with Crippen molar-refractivity contribution in [1.82, 2.24) is 10.2 Å². The second-order valence-corrected chi connectivity index (χ2v) is 8.68. The number of alkyl halides is 3. The van der Waals surface area contributed by atoms with Gasteiger partial charge in [-0.25, -0.2) is 9.59 Å². The lowest BCUT2D eigenvalue weighted by Crippen LogP contribution is -2.50. The van der Waals surface area contributed by atoms with Gasteiger partial charge in [0.05, 0.1) is 32.9 Å². The van der Waals surface area contributed by atoms with Gasteiger partial charge >= 0.3 is 18.2 Å². The fourth-order valence-corrected chi connectivity index (χ4v) is 5.09. The first kappa shape index (κ1) is 25.5. The first-order valence-electron chi connectivity index (χ1n) is 11.4. The van der Waals surface area contributed by atoms with E-state index in [1.54, 1.807) is 12.1 Å². The molecule has 36 heavy (non-hydrogen) atoms. The Kier molecular flexibility index (Phi) is 6.92. The number of fused-ring (bicyclic) bond motifs is 2. The third-order valence-corrected chi connectivity index (χ3v) is 6.59. The number of hydrogen-bond acceptors (Lipinski definition) is 6. The van der Waals surface area contributed by atoms with E-state index in [0.717, 1.165) is 11.1 Å². The number of aryl methyl sites for hydroxylation is 1. The lowest BCUT2D eigenvalue weighted by molar-refractivity contribution is -0.154. The minimum atomic E-state index is -4.67. The molecular weight excluding hydrogens is 481 g/mol. The monoisotopic (exact) mass is 508 g/mol. The molecule has 2 amide bonds. The summed E-state index contributed by atoms with van der Waals surface area (Å²) in [6.45, 7) is 1.05. The Balaban J connectivity index is 1.63. The molecule has 1 fully saturated rings. The number of ether oxygens (including phenoxy) is 3. The highest BCUT2D eigenvalue weighted by molar-refractivity contribution is 6.01. The highest BCUT2D eigenvalue weighted by Crippen LogP contribution is 2.45. The summed E-state index contributed by atoms with van der Waals surface area (Å²) in [4.78, 5) is 27.6. The number of rotatable bonds is 6. The molecule has 8 nitrogen and oxygen atoms in total. The quantitative estimate of drug-likeness (QED) is 0.569. The maximum absolute atomic E-state index is 13.3. The number of nitrogens with zero attached hydrogens (tertiary/aromatic N) is 1. The molecule has 0 spiro atoms. The zero-order valence-corrected chi connectivity index (χ0v) is 20.3. The van der Waals surface area contributed by atoms with Crippen LogP contribution in [0.3, 0.4) is 0 Å². The molecule has 0 aliphatic carbocycles. The van der Waals surface area contributed by atoms with E-state index in [4.69, 9.17) is 18.6 Å². The fraction of sp³-hybridized carbons (Fsp3) is 0.440. The van der Waals surface area contributed by atoms with Crippen molar-refractivity contribution in [3.05, 3.63) is 52.5 Å². The lowest BCUT2D eigenvalue weighted by atomic mass is 9.88. The maximum atomic E-state index is 13.3. The van der Waals surface area contributed by atoms with E-state index in [0.29, 0.717) is 36.3 Å². The number of carbonyl (C=O) groups is 2. The van der Waals surface area contributed by atoms with Crippen molar-refractivity contribution in [3.63, 3.8) is 0 Å². The molecule has 194 valence electrons. The smallest absolute Gasteiger partial charge is 0.449 e. The SMILES string of the molecule is COC(=O)C1=C(c2ccc(OC)c(OC)c2)CC2CCC1N2C(=O)NCc1cc(C)oc1C(F)(F)F. The zero-order valence-electron chi connectivity index (χ0n) is 20.3. The van der Waals surface area contributed by atoms with Crippen LogP contribution < -0.4 is 14.8 Å². The van der Waals surface area contributed by atoms with E-state index in [1.165, 1.54) is 39.2 Å². The highest BCUT2D eigenvalue weighted by atomic mass is 19.4. The minimum absolute atomic E-state index is 0.0973. The van der Waals surface area contributed by atoms with E-state index in [1.807, 2.05) is 6.07 Å². The second-order valence-electron chi connectivity index (χ2n) is 8.68. The summed E-state index contributed by atoms with van der Waals surface area (Å²) >= 11 is 0. The summed E-state index contributed by atoms with van der Waals surface area (Å²) in [6, 6.07) is 5.21. The molecular formula is C25H27F3N2O6. The molecule has 4 rings (SSSR count). The Morgan fingerprint density at radius 2 is 1.83 bits per heavy atom. The molecule has 2 bridgehead atoms. The number of hydrogen-bond donors (Lipinski definition) is 1. The van der Waals surface area contributed by atoms with Gasteiger partial charge in [-0.2, -0.15) is 13.2 Å². The van der Waals surface area contributed by atoms with Crippen LogP contribution in [0.4, 0.5) is 18.0 Å². The van der Waals surface area contributed by atoms with Crippen molar-refractivity contribution in [2.24, 2.45) is 0 Å². The van der Waals surface area contributed by atoms with Crippen LogP contribution in [-0.4, -0.2) is 50.3 Å². The number of urea groups is 1. The number of nitrogens with one attached hydrogen (secondary N) is 1. The molecule has 2 atom stereocenters. The predicted molar refractivity (Wildman–Crippen MR) is 122 cm³/mol. The van der Waals surface area contributed by atoms with E-state index in [-0.39, 0.29) is 23.9 Å². The van der Waals surface area contributed by atoms with Gasteiger partial charge in [0.1, 0.15) is 5.76 Å². The Morgan fingerprint density at radius 3 is 2.47 bits per heavy atom. The third-order valence-electron chi connectivity index (χ3n) is 6.59. The van der Waals surface area contributed by atoms with Gasteiger partial charge in [-0.3, -0.25) is 0 Å². The van der Waals surface area contributed by atoms with E-state index in [2.05, 4.69) is 5.32 Å². The van der Waals surface area contributed by atoms with Crippen molar-refractivity contribution in [2.75, 3.05) is 21.3 Å². The number of esters is 1. The average Bonchev–Trinajstić information content (AvgIpc) is 3.39. The van der Waals surface area contributed by atoms with Crippen molar-refractivity contribution in [1.29, 1.82) is 0 Å². The molecule has 2 aromatic rings. The number of methoxy groups -OCH3 is 3. The fourth-order valence-electron chi connectivity index (χ4n) is 5.09. The summed E-state index contributed by atoms with van der Waals surface area (Å²) in [5, 5.41) is 2.58. The van der Waals surface area contributed by atoms with Gasteiger partial charge < -0.3 is 28.8 Å². The molecule has 2 unspecified atom stereocenters. The number of furan rings is 1. The Bertz CT molecular complexity index is 1200. The summed E-state index contributed by atoms with van der Waals surface area (Å²) in [6.07, 6.45) is -3.14. The Labute approximate surface area is 206 Å². The maximum Gasteiger partial charge on any atom is 0.449 e. The largest absolute Gasteiger partial charge is 0.493 e. The normalized spacial score (nSPS) is 19.4. The molecule has 3 heterocycles. The van der Waals surface area contributed by atoms with Crippen molar-refractivity contribution < 1.29 is 41.4 Å². The molecule has 0 radical (unpaired) electrons.